The third-order valence-corrected chi connectivity index (χ3v) is 6.07. The van der Waals surface area contributed by atoms with Gasteiger partial charge in [-0.1, -0.05) is 49.4 Å². The van der Waals surface area contributed by atoms with Crippen LogP contribution in [-0.4, -0.2) is 17.2 Å². The maximum Gasteiger partial charge on any atom is 0.162 e. The molecule has 29 heavy (non-hydrogen) atoms. The predicted molar refractivity (Wildman–Crippen MR) is 117 cm³/mol. The van der Waals surface area contributed by atoms with Crippen molar-refractivity contribution in [3.63, 3.8) is 0 Å². The van der Waals surface area contributed by atoms with Crippen LogP contribution in [0.15, 0.2) is 72.2 Å². The summed E-state index contributed by atoms with van der Waals surface area (Å²) in [7, 11) is 1.62. The molecule has 0 fully saturated rings. The number of aromatic nitrogens is 1. The third kappa shape index (κ3) is 3.84. The van der Waals surface area contributed by atoms with Gasteiger partial charge in [0.05, 0.1) is 7.11 Å². The Balaban J connectivity index is 1.63. The van der Waals surface area contributed by atoms with E-state index in [1.165, 1.54) is 22.1 Å². The second-order valence-electron chi connectivity index (χ2n) is 6.89. The standard InChI is InChI=1S/C24H23NO3S/c1-3-24(26,23-25-12-13-29-23)20-10-11-21(27-2)22(15-20)28-16-17-8-9-18-6-4-5-7-19(18)14-17/h4-15,26H,3,16H2,1-2H3. The van der Waals surface area contributed by atoms with Crippen LogP contribution in [0.1, 0.15) is 29.5 Å². The molecule has 5 heteroatoms. The summed E-state index contributed by atoms with van der Waals surface area (Å²) in [5.74, 6) is 1.23. The van der Waals surface area contributed by atoms with E-state index in [0.717, 1.165) is 11.1 Å². The van der Waals surface area contributed by atoms with E-state index in [9.17, 15) is 5.11 Å². The molecule has 1 atom stereocenters. The first-order chi connectivity index (χ1) is 14.1. The van der Waals surface area contributed by atoms with E-state index in [1.54, 1.807) is 13.3 Å². The fourth-order valence-electron chi connectivity index (χ4n) is 3.44. The number of hydrogen-bond donors (Lipinski definition) is 1. The minimum absolute atomic E-state index is 0.409. The molecular weight excluding hydrogens is 382 g/mol. The molecule has 0 aliphatic carbocycles. The summed E-state index contributed by atoms with van der Waals surface area (Å²) >= 11 is 1.44. The van der Waals surface area contributed by atoms with E-state index in [2.05, 4.69) is 35.3 Å². The summed E-state index contributed by atoms with van der Waals surface area (Å²) in [5.41, 5.74) is 0.660. The highest BCUT2D eigenvalue weighted by molar-refractivity contribution is 7.09. The van der Waals surface area contributed by atoms with E-state index in [4.69, 9.17) is 9.47 Å². The molecule has 4 nitrogen and oxygen atoms in total. The lowest BCUT2D eigenvalue weighted by Gasteiger charge is -2.26. The van der Waals surface area contributed by atoms with Gasteiger partial charge in [0, 0.05) is 11.6 Å². The monoisotopic (exact) mass is 405 g/mol. The Hall–Kier alpha value is -2.89. The normalized spacial score (nSPS) is 13.2. The molecule has 1 N–H and O–H groups in total. The van der Waals surface area contributed by atoms with Gasteiger partial charge in [-0.05, 0) is 46.5 Å². The van der Waals surface area contributed by atoms with E-state index in [1.807, 2.05) is 42.6 Å². The minimum atomic E-state index is -1.15. The second-order valence-corrected chi connectivity index (χ2v) is 7.78. The molecule has 0 aliphatic heterocycles. The van der Waals surface area contributed by atoms with Gasteiger partial charge in [-0.15, -0.1) is 11.3 Å². The van der Waals surface area contributed by atoms with Gasteiger partial charge in [0.1, 0.15) is 17.2 Å². The van der Waals surface area contributed by atoms with Crippen molar-refractivity contribution in [3.8, 4) is 11.5 Å². The van der Waals surface area contributed by atoms with E-state index in [0.29, 0.717) is 29.5 Å². The Labute approximate surface area is 174 Å². The summed E-state index contributed by atoms with van der Waals surface area (Å²) in [4.78, 5) is 4.33. The lowest BCUT2D eigenvalue weighted by atomic mass is 9.91. The Morgan fingerprint density at radius 3 is 2.55 bits per heavy atom. The number of thiazole rings is 1. The SMILES string of the molecule is CCC(O)(c1ccc(OC)c(OCc2ccc3ccccc3c2)c1)c1nccs1. The number of benzene rings is 3. The maximum atomic E-state index is 11.3. The van der Waals surface area contributed by atoms with Crippen molar-refractivity contribution in [2.45, 2.75) is 25.6 Å². The zero-order valence-corrected chi connectivity index (χ0v) is 17.3. The first-order valence-electron chi connectivity index (χ1n) is 9.55. The average Bonchev–Trinajstić information content (AvgIpc) is 3.32. The smallest absolute Gasteiger partial charge is 0.162 e. The topological polar surface area (TPSA) is 51.6 Å². The number of nitrogens with zero attached hydrogens (tertiary/aromatic N) is 1. The number of aliphatic hydroxyl groups is 1. The summed E-state index contributed by atoms with van der Waals surface area (Å²) in [5, 5.41) is 16.2. The zero-order valence-electron chi connectivity index (χ0n) is 16.5. The molecule has 3 aromatic carbocycles. The molecule has 0 saturated heterocycles. The van der Waals surface area contributed by atoms with Crippen molar-refractivity contribution < 1.29 is 14.6 Å². The summed E-state index contributed by atoms with van der Waals surface area (Å²) in [6.45, 7) is 2.35. The number of ether oxygens (including phenoxy) is 2. The highest BCUT2D eigenvalue weighted by Gasteiger charge is 2.33. The number of hydrogen-bond acceptors (Lipinski definition) is 5. The van der Waals surface area contributed by atoms with Crippen LogP contribution in [-0.2, 0) is 12.2 Å². The van der Waals surface area contributed by atoms with Gasteiger partial charge < -0.3 is 14.6 Å². The molecule has 1 heterocycles. The average molecular weight is 406 g/mol. The fraction of sp³-hybridized carbons (Fsp3) is 0.208. The number of fused-ring (bicyclic) bond motifs is 1. The van der Waals surface area contributed by atoms with Crippen molar-refractivity contribution in [3.05, 3.63) is 88.4 Å². The highest BCUT2D eigenvalue weighted by atomic mass is 32.1. The molecule has 0 amide bonds. The van der Waals surface area contributed by atoms with Gasteiger partial charge in [-0.2, -0.15) is 0 Å². The molecule has 0 aliphatic rings. The highest BCUT2D eigenvalue weighted by Crippen LogP contribution is 2.39. The maximum absolute atomic E-state index is 11.3. The molecule has 4 rings (SSSR count). The van der Waals surface area contributed by atoms with Crippen molar-refractivity contribution in [1.82, 2.24) is 4.98 Å². The predicted octanol–water partition coefficient (Wildman–Crippen LogP) is 5.53. The molecule has 1 unspecified atom stereocenters. The fourth-order valence-corrected chi connectivity index (χ4v) is 4.27. The van der Waals surface area contributed by atoms with Crippen LogP contribution in [0.25, 0.3) is 10.8 Å². The Bertz CT molecular complexity index is 1110. The van der Waals surface area contributed by atoms with Crippen molar-refractivity contribution in [2.75, 3.05) is 7.11 Å². The largest absolute Gasteiger partial charge is 0.493 e. The second kappa shape index (κ2) is 8.23. The third-order valence-electron chi connectivity index (χ3n) is 5.15. The summed E-state index contributed by atoms with van der Waals surface area (Å²) in [6, 6.07) is 20.1. The van der Waals surface area contributed by atoms with Gasteiger partial charge in [-0.3, -0.25) is 0 Å². The van der Waals surface area contributed by atoms with Crippen LogP contribution in [0.3, 0.4) is 0 Å². The Morgan fingerprint density at radius 1 is 1.00 bits per heavy atom. The molecule has 0 spiro atoms. The number of methoxy groups -OCH3 is 1. The minimum Gasteiger partial charge on any atom is -0.493 e. The number of rotatable bonds is 7. The first-order valence-corrected chi connectivity index (χ1v) is 10.4. The summed E-state index contributed by atoms with van der Waals surface area (Å²) < 4.78 is 11.6. The lowest BCUT2D eigenvalue weighted by Crippen LogP contribution is -2.26. The molecule has 148 valence electrons. The Morgan fingerprint density at radius 2 is 1.83 bits per heavy atom. The van der Waals surface area contributed by atoms with Crippen LogP contribution in [0.2, 0.25) is 0 Å². The van der Waals surface area contributed by atoms with Gasteiger partial charge in [0.15, 0.2) is 11.5 Å². The van der Waals surface area contributed by atoms with E-state index >= 15 is 0 Å². The van der Waals surface area contributed by atoms with Crippen LogP contribution in [0.4, 0.5) is 0 Å². The summed E-state index contributed by atoms with van der Waals surface area (Å²) in [6.07, 6.45) is 2.22. The van der Waals surface area contributed by atoms with Crippen LogP contribution < -0.4 is 9.47 Å². The van der Waals surface area contributed by atoms with Gasteiger partial charge >= 0.3 is 0 Å². The van der Waals surface area contributed by atoms with Crippen LogP contribution in [0, 0.1) is 0 Å². The van der Waals surface area contributed by atoms with Crippen molar-refractivity contribution in [2.24, 2.45) is 0 Å². The molecule has 0 bridgehead atoms. The quantitative estimate of drug-likeness (QED) is 0.439. The van der Waals surface area contributed by atoms with Crippen LogP contribution >= 0.6 is 11.3 Å². The van der Waals surface area contributed by atoms with Gasteiger partial charge in [0.25, 0.3) is 0 Å². The molecular formula is C24H23NO3S. The van der Waals surface area contributed by atoms with Crippen molar-refractivity contribution in [1.29, 1.82) is 0 Å². The first kappa shape index (κ1) is 19.4. The molecule has 0 saturated carbocycles. The van der Waals surface area contributed by atoms with Crippen molar-refractivity contribution >= 4 is 22.1 Å². The molecule has 0 radical (unpaired) electrons. The Kier molecular flexibility index (Phi) is 5.51. The van der Waals surface area contributed by atoms with E-state index in [-0.39, 0.29) is 0 Å². The van der Waals surface area contributed by atoms with Gasteiger partial charge in [0.2, 0.25) is 0 Å². The molecule has 1 aromatic heterocycles. The van der Waals surface area contributed by atoms with Gasteiger partial charge in [-0.25, -0.2) is 4.98 Å². The zero-order chi connectivity index (χ0) is 20.3. The van der Waals surface area contributed by atoms with E-state index < -0.39 is 5.60 Å². The molecule has 4 aromatic rings. The lowest BCUT2D eigenvalue weighted by molar-refractivity contribution is 0.0757. The van der Waals surface area contributed by atoms with Crippen LogP contribution in [0.5, 0.6) is 11.5 Å².